The summed E-state index contributed by atoms with van der Waals surface area (Å²) in [6.45, 7) is 0.441. The third-order valence-corrected chi connectivity index (χ3v) is 4.53. The van der Waals surface area contributed by atoms with Crippen molar-refractivity contribution < 1.29 is 4.39 Å². The molecule has 0 saturated heterocycles. The molecule has 0 fully saturated rings. The van der Waals surface area contributed by atoms with Gasteiger partial charge in [-0.25, -0.2) is 4.39 Å². The number of anilines is 1. The Morgan fingerprint density at radius 1 is 0.905 bits per heavy atom. The Bertz CT molecular complexity index is 802. The third kappa shape index (κ3) is 3.11. The van der Waals surface area contributed by atoms with Crippen LogP contribution in [0.15, 0.2) is 63.5 Å². The van der Waals surface area contributed by atoms with Crippen LogP contribution in [-0.2, 0) is 6.54 Å². The van der Waals surface area contributed by atoms with E-state index in [1.165, 1.54) is 6.07 Å². The van der Waals surface area contributed by atoms with Crippen molar-refractivity contribution >= 4 is 48.3 Å². The molecule has 0 heterocycles. The highest BCUT2D eigenvalue weighted by Gasteiger charge is 2.06. The highest BCUT2D eigenvalue weighted by Crippen LogP contribution is 2.30. The summed E-state index contributed by atoms with van der Waals surface area (Å²) in [6, 6.07) is 17.1. The smallest absolute Gasteiger partial charge is 0.128 e. The van der Waals surface area contributed by atoms with Crippen molar-refractivity contribution in [1.29, 1.82) is 0 Å². The lowest BCUT2D eigenvalue weighted by Crippen LogP contribution is -2.02. The molecule has 0 saturated carbocycles. The van der Waals surface area contributed by atoms with Crippen LogP contribution >= 0.6 is 31.9 Å². The molecule has 3 rings (SSSR count). The van der Waals surface area contributed by atoms with Gasteiger partial charge in [0.25, 0.3) is 0 Å². The van der Waals surface area contributed by atoms with Crippen molar-refractivity contribution in [3.8, 4) is 0 Å². The number of nitrogens with one attached hydrogen (secondary N) is 1. The van der Waals surface area contributed by atoms with Crippen LogP contribution in [0.4, 0.5) is 10.1 Å². The molecular weight excluding hydrogens is 397 g/mol. The second kappa shape index (κ2) is 6.16. The molecule has 0 aliphatic heterocycles. The molecule has 0 aliphatic carbocycles. The largest absolute Gasteiger partial charge is 0.380 e. The summed E-state index contributed by atoms with van der Waals surface area (Å²) in [6.07, 6.45) is 0. The van der Waals surface area contributed by atoms with E-state index in [0.29, 0.717) is 12.1 Å². The predicted octanol–water partition coefficient (Wildman–Crippen LogP) is 6.12. The zero-order chi connectivity index (χ0) is 14.8. The second-order valence-corrected chi connectivity index (χ2v) is 6.50. The van der Waals surface area contributed by atoms with E-state index in [-0.39, 0.29) is 5.82 Å². The van der Waals surface area contributed by atoms with Gasteiger partial charge in [-0.1, -0.05) is 56.1 Å². The molecule has 0 atom stereocenters. The van der Waals surface area contributed by atoms with Gasteiger partial charge in [-0.15, -0.1) is 0 Å². The fourth-order valence-electron chi connectivity index (χ4n) is 2.29. The topological polar surface area (TPSA) is 12.0 Å². The van der Waals surface area contributed by atoms with Gasteiger partial charge in [0, 0.05) is 32.1 Å². The average molecular weight is 409 g/mol. The quantitative estimate of drug-likeness (QED) is 0.550. The van der Waals surface area contributed by atoms with Gasteiger partial charge in [0.2, 0.25) is 0 Å². The van der Waals surface area contributed by atoms with E-state index in [4.69, 9.17) is 0 Å². The minimum Gasteiger partial charge on any atom is -0.380 e. The molecule has 0 spiro atoms. The molecule has 4 heteroatoms. The summed E-state index contributed by atoms with van der Waals surface area (Å²) >= 11 is 6.93. The van der Waals surface area contributed by atoms with Crippen molar-refractivity contribution in [2.24, 2.45) is 0 Å². The van der Waals surface area contributed by atoms with E-state index < -0.39 is 0 Å². The van der Waals surface area contributed by atoms with E-state index in [9.17, 15) is 4.39 Å². The van der Waals surface area contributed by atoms with Crippen molar-refractivity contribution in [3.63, 3.8) is 0 Å². The van der Waals surface area contributed by atoms with Gasteiger partial charge >= 0.3 is 0 Å². The molecule has 0 unspecified atom stereocenters. The second-order valence-electron chi connectivity index (χ2n) is 4.73. The molecule has 1 N–H and O–H groups in total. The molecule has 0 aromatic heterocycles. The van der Waals surface area contributed by atoms with Crippen LogP contribution in [0.1, 0.15) is 5.56 Å². The first-order valence-electron chi connectivity index (χ1n) is 6.50. The summed E-state index contributed by atoms with van der Waals surface area (Å²) in [5, 5.41) is 5.57. The Morgan fingerprint density at radius 3 is 2.48 bits per heavy atom. The average Bonchev–Trinajstić information content (AvgIpc) is 2.50. The Hall–Kier alpha value is -1.39. The van der Waals surface area contributed by atoms with E-state index in [0.717, 1.165) is 25.4 Å². The van der Waals surface area contributed by atoms with Crippen molar-refractivity contribution in [2.75, 3.05) is 5.32 Å². The standard InChI is InChI=1S/C17H12Br2FN/c18-12-5-7-16(20)11(9-12)10-21-17-8-6-15(19)13-3-1-2-4-14(13)17/h1-9,21H,10H2. The lowest BCUT2D eigenvalue weighted by Gasteiger charge is -2.12. The Labute approximate surface area is 139 Å². The molecule has 0 bridgehead atoms. The number of halogens is 3. The fourth-order valence-corrected chi connectivity index (χ4v) is 3.17. The number of hydrogen-bond acceptors (Lipinski definition) is 1. The first-order valence-corrected chi connectivity index (χ1v) is 8.09. The Kier molecular flexibility index (Phi) is 4.27. The van der Waals surface area contributed by atoms with E-state index >= 15 is 0 Å². The molecule has 1 nitrogen and oxygen atoms in total. The summed E-state index contributed by atoms with van der Waals surface area (Å²) < 4.78 is 15.7. The van der Waals surface area contributed by atoms with Gasteiger partial charge in [0.05, 0.1) is 0 Å². The maximum Gasteiger partial charge on any atom is 0.128 e. The highest BCUT2D eigenvalue weighted by atomic mass is 79.9. The van der Waals surface area contributed by atoms with Crippen LogP contribution in [0, 0.1) is 5.82 Å². The van der Waals surface area contributed by atoms with Crippen molar-refractivity contribution in [2.45, 2.75) is 6.54 Å². The number of benzene rings is 3. The maximum atomic E-state index is 13.8. The fraction of sp³-hybridized carbons (Fsp3) is 0.0588. The lowest BCUT2D eigenvalue weighted by atomic mass is 10.1. The molecule has 106 valence electrons. The predicted molar refractivity (Wildman–Crippen MR) is 93.1 cm³/mol. The number of hydrogen-bond donors (Lipinski definition) is 1. The molecular formula is C17H12Br2FN. The van der Waals surface area contributed by atoms with Crippen LogP contribution < -0.4 is 5.32 Å². The Balaban J connectivity index is 1.92. The molecule has 0 amide bonds. The molecule has 0 aliphatic rings. The van der Waals surface area contributed by atoms with Crippen molar-refractivity contribution in [1.82, 2.24) is 0 Å². The van der Waals surface area contributed by atoms with E-state index in [1.54, 1.807) is 12.1 Å². The zero-order valence-corrected chi connectivity index (χ0v) is 14.2. The van der Waals surface area contributed by atoms with Crippen LogP contribution in [0.3, 0.4) is 0 Å². The van der Waals surface area contributed by atoms with Gasteiger partial charge < -0.3 is 5.32 Å². The van der Waals surface area contributed by atoms with Crippen LogP contribution in [-0.4, -0.2) is 0 Å². The molecule has 0 radical (unpaired) electrons. The monoisotopic (exact) mass is 407 g/mol. The molecule has 3 aromatic rings. The lowest BCUT2D eigenvalue weighted by molar-refractivity contribution is 0.612. The SMILES string of the molecule is Fc1ccc(Br)cc1CNc1ccc(Br)c2ccccc12. The highest BCUT2D eigenvalue weighted by molar-refractivity contribution is 9.11. The van der Waals surface area contributed by atoms with Gasteiger partial charge in [0.1, 0.15) is 5.82 Å². The van der Waals surface area contributed by atoms with Gasteiger partial charge in [-0.05, 0) is 35.7 Å². The minimum atomic E-state index is -0.202. The van der Waals surface area contributed by atoms with Crippen LogP contribution in [0.25, 0.3) is 10.8 Å². The van der Waals surface area contributed by atoms with Crippen LogP contribution in [0.2, 0.25) is 0 Å². The van der Waals surface area contributed by atoms with Gasteiger partial charge in [-0.2, -0.15) is 0 Å². The number of rotatable bonds is 3. The van der Waals surface area contributed by atoms with Crippen LogP contribution in [0.5, 0.6) is 0 Å². The van der Waals surface area contributed by atoms with Gasteiger partial charge in [-0.3, -0.25) is 0 Å². The van der Waals surface area contributed by atoms with Crippen molar-refractivity contribution in [3.05, 3.63) is 74.9 Å². The van der Waals surface area contributed by atoms with E-state index in [2.05, 4.69) is 49.3 Å². The number of fused-ring (bicyclic) bond motifs is 1. The summed E-state index contributed by atoms with van der Waals surface area (Å²) in [5.74, 6) is -0.202. The summed E-state index contributed by atoms with van der Waals surface area (Å²) in [4.78, 5) is 0. The molecule has 3 aromatic carbocycles. The Morgan fingerprint density at radius 2 is 1.67 bits per heavy atom. The zero-order valence-electron chi connectivity index (χ0n) is 11.0. The third-order valence-electron chi connectivity index (χ3n) is 3.35. The minimum absolute atomic E-state index is 0.202. The van der Waals surface area contributed by atoms with E-state index in [1.807, 2.05) is 24.3 Å². The maximum absolute atomic E-state index is 13.8. The first kappa shape index (κ1) is 14.5. The molecule has 21 heavy (non-hydrogen) atoms. The van der Waals surface area contributed by atoms with Gasteiger partial charge in [0.15, 0.2) is 0 Å². The first-order chi connectivity index (χ1) is 10.1. The normalized spacial score (nSPS) is 10.8. The summed E-state index contributed by atoms with van der Waals surface area (Å²) in [7, 11) is 0. The summed E-state index contributed by atoms with van der Waals surface area (Å²) in [5.41, 5.74) is 1.63.